The zero-order valence-corrected chi connectivity index (χ0v) is 12.8. The van der Waals surface area contributed by atoms with Gasteiger partial charge in [0.05, 0.1) is 0 Å². The minimum atomic E-state index is 0.0276. The van der Waals surface area contributed by atoms with Crippen molar-refractivity contribution in [2.75, 3.05) is 5.32 Å². The molecule has 0 radical (unpaired) electrons. The molecule has 0 aromatic carbocycles. The van der Waals surface area contributed by atoms with Crippen molar-refractivity contribution in [3.05, 3.63) is 22.9 Å². The highest BCUT2D eigenvalue weighted by Crippen LogP contribution is 2.22. The predicted octanol–water partition coefficient (Wildman–Crippen LogP) is 3.41. The third-order valence-corrected chi connectivity index (χ3v) is 2.66. The summed E-state index contributed by atoms with van der Waals surface area (Å²) in [5, 5.41) is 6.97. The van der Waals surface area contributed by atoms with Crippen molar-refractivity contribution >= 4 is 5.82 Å². The van der Waals surface area contributed by atoms with E-state index in [1.165, 1.54) is 11.1 Å². The molecule has 0 unspecified atom stereocenters. The number of aromatic nitrogens is 1. The molecule has 2 N–H and O–H groups in total. The summed E-state index contributed by atoms with van der Waals surface area (Å²) in [7, 11) is 0. The van der Waals surface area contributed by atoms with E-state index in [9.17, 15) is 0 Å². The number of nitrogens with zero attached hydrogens (tertiary/aromatic N) is 1. The van der Waals surface area contributed by atoms with Crippen molar-refractivity contribution < 1.29 is 0 Å². The lowest BCUT2D eigenvalue weighted by Crippen LogP contribution is -2.29. The molecule has 1 rings (SSSR count). The van der Waals surface area contributed by atoms with Gasteiger partial charge in [-0.3, -0.25) is 0 Å². The van der Waals surface area contributed by atoms with Gasteiger partial charge in [-0.05, 0) is 46.2 Å². The SMILES string of the molecule is Cc1cc(C)c(CNC(C)C)c(NC(C)(C)C)n1. The maximum atomic E-state index is 4.65. The molecule has 1 aromatic rings. The van der Waals surface area contributed by atoms with Gasteiger partial charge in [0, 0.05) is 29.4 Å². The first-order chi connectivity index (χ1) is 8.19. The zero-order chi connectivity index (χ0) is 13.9. The van der Waals surface area contributed by atoms with Crippen molar-refractivity contribution in [1.82, 2.24) is 10.3 Å². The number of pyridine rings is 1. The van der Waals surface area contributed by atoms with Crippen LogP contribution in [-0.2, 0) is 6.54 Å². The standard InChI is InChI=1S/C15H27N3/c1-10(2)16-9-13-11(3)8-12(4)17-14(13)18-15(5,6)7/h8,10,16H,9H2,1-7H3,(H,17,18). The van der Waals surface area contributed by atoms with E-state index in [1.807, 2.05) is 6.92 Å². The number of anilines is 1. The minimum absolute atomic E-state index is 0.0276. The summed E-state index contributed by atoms with van der Waals surface area (Å²) < 4.78 is 0. The molecular formula is C15H27N3. The van der Waals surface area contributed by atoms with E-state index >= 15 is 0 Å². The summed E-state index contributed by atoms with van der Waals surface area (Å²) in [4.78, 5) is 4.65. The van der Waals surface area contributed by atoms with Gasteiger partial charge in [-0.25, -0.2) is 4.98 Å². The van der Waals surface area contributed by atoms with Crippen molar-refractivity contribution in [3.63, 3.8) is 0 Å². The van der Waals surface area contributed by atoms with Crippen LogP contribution in [-0.4, -0.2) is 16.6 Å². The summed E-state index contributed by atoms with van der Waals surface area (Å²) >= 11 is 0. The number of aryl methyl sites for hydroxylation is 2. The largest absolute Gasteiger partial charge is 0.365 e. The highest BCUT2D eigenvalue weighted by molar-refractivity contribution is 5.50. The second-order valence-corrected chi connectivity index (χ2v) is 6.32. The average Bonchev–Trinajstić information content (AvgIpc) is 2.12. The predicted molar refractivity (Wildman–Crippen MR) is 79.1 cm³/mol. The third-order valence-electron chi connectivity index (χ3n) is 2.66. The zero-order valence-electron chi connectivity index (χ0n) is 12.8. The Kier molecular flexibility index (Phi) is 4.74. The van der Waals surface area contributed by atoms with E-state index in [-0.39, 0.29) is 5.54 Å². The molecule has 0 fully saturated rings. The van der Waals surface area contributed by atoms with Gasteiger partial charge in [0.25, 0.3) is 0 Å². The molecule has 0 bridgehead atoms. The van der Waals surface area contributed by atoms with Crippen LogP contribution in [0.25, 0.3) is 0 Å². The van der Waals surface area contributed by atoms with Crippen LogP contribution in [0.2, 0.25) is 0 Å². The quantitative estimate of drug-likeness (QED) is 0.858. The van der Waals surface area contributed by atoms with Crippen LogP contribution >= 0.6 is 0 Å². The molecule has 0 aliphatic heterocycles. The van der Waals surface area contributed by atoms with Gasteiger partial charge >= 0.3 is 0 Å². The van der Waals surface area contributed by atoms with Crippen molar-refractivity contribution in [1.29, 1.82) is 0 Å². The molecule has 3 nitrogen and oxygen atoms in total. The first-order valence-electron chi connectivity index (χ1n) is 6.68. The highest BCUT2D eigenvalue weighted by atomic mass is 15.1. The third kappa shape index (κ3) is 4.65. The summed E-state index contributed by atoms with van der Waals surface area (Å²) in [6.45, 7) is 15.8. The van der Waals surface area contributed by atoms with Crippen LogP contribution < -0.4 is 10.6 Å². The molecular weight excluding hydrogens is 222 g/mol. The van der Waals surface area contributed by atoms with Gasteiger partial charge < -0.3 is 10.6 Å². The highest BCUT2D eigenvalue weighted by Gasteiger charge is 2.15. The van der Waals surface area contributed by atoms with Gasteiger partial charge in [0.2, 0.25) is 0 Å². The maximum Gasteiger partial charge on any atom is 0.131 e. The second-order valence-electron chi connectivity index (χ2n) is 6.32. The lowest BCUT2D eigenvalue weighted by Gasteiger charge is -2.25. The lowest BCUT2D eigenvalue weighted by molar-refractivity contribution is 0.582. The van der Waals surface area contributed by atoms with E-state index in [2.05, 4.69) is 63.2 Å². The van der Waals surface area contributed by atoms with E-state index < -0.39 is 0 Å². The van der Waals surface area contributed by atoms with Gasteiger partial charge in [0.1, 0.15) is 5.82 Å². The molecule has 1 heterocycles. The second kappa shape index (κ2) is 5.70. The number of hydrogen-bond acceptors (Lipinski definition) is 3. The topological polar surface area (TPSA) is 37.0 Å². The van der Waals surface area contributed by atoms with Gasteiger partial charge in [-0.2, -0.15) is 0 Å². The normalized spacial score (nSPS) is 12.0. The molecule has 0 saturated carbocycles. The number of nitrogens with one attached hydrogen (secondary N) is 2. The van der Waals surface area contributed by atoms with E-state index in [0.717, 1.165) is 18.1 Å². The van der Waals surface area contributed by atoms with Crippen molar-refractivity contribution in [2.24, 2.45) is 0 Å². The summed E-state index contributed by atoms with van der Waals surface area (Å²) in [5.74, 6) is 1.01. The molecule has 0 amide bonds. The van der Waals surface area contributed by atoms with Gasteiger partial charge in [-0.1, -0.05) is 13.8 Å². The molecule has 0 saturated heterocycles. The van der Waals surface area contributed by atoms with Crippen molar-refractivity contribution in [3.8, 4) is 0 Å². The Balaban J connectivity index is 3.05. The molecule has 0 aliphatic rings. The Morgan fingerprint density at radius 1 is 1.22 bits per heavy atom. The number of hydrogen-bond donors (Lipinski definition) is 2. The Bertz CT molecular complexity index is 403. The first-order valence-corrected chi connectivity index (χ1v) is 6.68. The fourth-order valence-electron chi connectivity index (χ4n) is 1.85. The van der Waals surface area contributed by atoms with Crippen LogP contribution in [0.3, 0.4) is 0 Å². The molecule has 102 valence electrons. The molecule has 0 aliphatic carbocycles. The molecule has 1 aromatic heterocycles. The summed E-state index contributed by atoms with van der Waals surface area (Å²) in [6.07, 6.45) is 0. The Labute approximate surface area is 111 Å². The van der Waals surface area contributed by atoms with Crippen LogP contribution in [0.15, 0.2) is 6.07 Å². The minimum Gasteiger partial charge on any atom is -0.365 e. The fourth-order valence-corrected chi connectivity index (χ4v) is 1.85. The first kappa shape index (κ1) is 15.0. The van der Waals surface area contributed by atoms with Crippen molar-refractivity contribution in [2.45, 2.75) is 66.6 Å². The van der Waals surface area contributed by atoms with E-state index in [0.29, 0.717) is 6.04 Å². The lowest BCUT2D eigenvalue weighted by atomic mass is 10.1. The van der Waals surface area contributed by atoms with Crippen LogP contribution in [0.1, 0.15) is 51.4 Å². The van der Waals surface area contributed by atoms with Crippen LogP contribution in [0, 0.1) is 13.8 Å². The van der Waals surface area contributed by atoms with Crippen LogP contribution in [0.5, 0.6) is 0 Å². The van der Waals surface area contributed by atoms with Gasteiger partial charge in [-0.15, -0.1) is 0 Å². The average molecular weight is 249 g/mol. The fraction of sp³-hybridized carbons (Fsp3) is 0.667. The van der Waals surface area contributed by atoms with Gasteiger partial charge in [0.15, 0.2) is 0 Å². The molecule has 0 spiro atoms. The monoisotopic (exact) mass is 249 g/mol. The molecule has 3 heteroatoms. The Morgan fingerprint density at radius 2 is 1.83 bits per heavy atom. The van der Waals surface area contributed by atoms with E-state index in [4.69, 9.17) is 0 Å². The Morgan fingerprint density at radius 3 is 2.33 bits per heavy atom. The smallest absolute Gasteiger partial charge is 0.131 e. The maximum absolute atomic E-state index is 4.65. The van der Waals surface area contributed by atoms with E-state index in [1.54, 1.807) is 0 Å². The van der Waals surface area contributed by atoms with Crippen LogP contribution in [0.4, 0.5) is 5.82 Å². The number of rotatable bonds is 4. The summed E-state index contributed by atoms with van der Waals surface area (Å²) in [5.41, 5.74) is 3.65. The molecule has 0 atom stereocenters. The molecule has 18 heavy (non-hydrogen) atoms. The summed E-state index contributed by atoms with van der Waals surface area (Å²) in [6, 6.07) is 2.62. The Hall–Kier alpha value is -1.09.